The summed E-state index contributed by atoms with van der Waals surface area (Å²) in [5.41, 5.74) is 4.34. The predicted molar refractivity (Wildman–Crippen MR) is 84.1 cm³/mol. The summed E-state index contributed by atoms with van der Waals surface area (Å²) in [5.74, 6) is 0.166. The van der Waals surface area contributed by atoms with E-state index in [2.05, 4.69) is 10.5 Å². The normalized spacial score (nSPS) is 11.1. The van der Waals surface area contributed by atoms with Crippen molar-refractivity contribution in [2.45, 2.75) is 6.92 Å². The van der Waals surface area contributed by atoms with E-state index in [4.69, 9.17) is 16.3 Å². The molecule has 0 saturated heterocycles. The quantitative estimate of drug-likeness (QED) is 0.694. The maximum Gasteiger partial charge on any atom is 0.275 e. The van der Waals surface area contributed by atoms with Gasteiger partial charge in [-0.15, -0.1) is 0 Å². The fourth-order valence-corrected chi connectivity index (χ4v) is 2.11. The van der Waals surface area contributed by atoms with Gasteiger partial charge in [0.25, 0.3) is 5.91 Å². The van der Waals surface area contributed by atoms with Crippen molar-refractivity contribution in [2.24, 2.45) is 5.10 Å². The molecule has 0 aliphatic carbocycles. The first kappa shape index (κ1) is 15.1. The van der Waals surface area contributed by atoms with Crippen molar-refractivity contribution < 1.29 is 9.53 Å². The first-order valence-electron chi connectivity index (χ1n) is 6.36. The van der Waals surface area contributed by atoms with E-state index in [1.807, 2.05) is 18.2 Å². The van der Waals surface area contributed by atoms with Crippen molar-refractivity contribution >= 4 is 23.2 Å². The Morgan fingerprint density at radius 3 is 2.38 bits per heavy atom. The van der Waals surface area contributed by atoms with Crippen LogP contribution in [0.2, 0.25) is 5.02 Å². The number of nitrogens with zero attached hydrogens (tertiary/aromatic N) is 1. The number of methoxy groups -OCH3 is 1. The second-order valence-electron chi connectivity index (χ2n) is 4.32. The Labute approximate surface area is 128 Å². The molecule has 2 aromatic rings. The van der Waals surface area contributed by atoms with Gasteiger partial charge >= 0.3 is 0 Å². The second-order valence-corrected chi connectivity index (χ2v) is 4.73. The van der Waals surface area contributed by atoms with Crippen LogP contribution in [0.4, 0.5) is 0 Å². The molecule has 1 amide bonds. The van der Waals surface area contributed by atoms with Crippen LogP contribution in [-0.2, 0) is 0 Å². The minimum Gasteiger partial charge on any atom is -0.496 e. The van der Waals surface area contributed by atoms with E-state index in [9.17, 15) is 4.79 Å². The van der Waals surface area contributed by atoms with Gasteiger partial charge in [0, 0.05) is 10.6 Å². The predicted octanol–water partition coefficient (Wildman–Crippen LogP) is 3.50. The summed E-state index contributed by atoms with van der Waals surface area (Å²) in [6.45, 7) is 1.78. The zero-order valence-electron chi connectivity index (χ0n) is 11.8. The summed E-state index contributed by atoms with van der Waals surface area (Å²) in [7, 11) is 1.52. The minimum absolute atomic E-state index is 0.334. The van der Waals surface area contributed by atoms with Crippen LogP contribution in [-0.4, -0.2) is 18.7 Å². The topological polar surface area (TPSA) is 50.7 Å². The molecule has 21 heavy (non-hydrogen) atoms. The molecule has 0 spiro atoms. The Hall–Kier alpha value is -2.33. The molecule has 4 nitrogen and oxygen atoms in total. The maximum absolute atomic E-state index is 12.1. The molecule has 0 radical (unpaired) electrons. The maximum atomic E-state index is 12.1. The molecule has 0 aromatic heterocycles. The van der Waals surface area contributed by atoms with Gasteiger partial charge in [0.15, 0.2) is 0 Å². The standard InChI is InChI=1S/C16H15ClN2O2/c1-11(12-7-3-5-9-14(12)17)18-19-16(20)13-8-4-6-10-15(13)21-2/h3-10H,1-2H3,(H,19,20). The van der Waals surface area contributed by atoms with Crippen molar-refractivity contribution in [3.63, 3.8) is 0 Å². The number of carbonyl (C=O) groups is 1. The lowest BCUT2D eigenvalue weighted by molar-refractivity contribution is 0.0952. The van der Waals surface area contributed by atoms with Crippen LogP contribution in [0.5, 0.6) is 5.75 Å². The molecule has 0 atom stereocenters. The number of rotatable bonds is 4. The van der Waals surface area contributed by atoms with E-state index in [-0.39, 0.29) is 5.91 Å². The SMILES string of the molecule is COc1ccccc1C(=O)NN=C(C)c1ccccc1Cl. The summed E-state index contributed by atoms with van der Waals surface area (Å²) in [6, 6.07) is 14.3. The van der Waals surface area contributed by atoms with Gasteiger partial charge in [0.1, 0.15) is 5.75 Å². The van der Waals surface area contributed by atoms with E-state index in [1.165, 1.54) is 7.11 Å². The average Bonchev–Trinajstić information content (AvgIpc) is 2.52. The van der Waals surface area contributed by atoms with Crippen molar-refractivity contribution in [2.75, 3.05) is 7.11 Å². The van der Waals surface area contributed by atoms with Crippen molar-refractivity contribution in [3.05, 3.63) is 64.7 Å². The highest BCUT2D eigenvalue weighted by atomic mass is 35.5. The molecular formula is C16H15ClN2O2. The Morgan fingerprint density at radius 1 is 1.10 bits per heavy atom. The summed E-state index contributed by atoms with van der Waals surface area (Å²) in [6.07, 6.45) is 0. The molecule has 1 N–H and O–H groups in total. The number of benzene rings is 2. The molecule has 0 saturated carbocycles. The Balaban J connectivity index is 2.17. The zero-order chi connectivity index (χ0) is 15.2. The van der Waals surface area contributed by atoms with Gasteiger partial charge in [-0.25, -0.2) is 5.43 Å². The van der Waals surface area contributed by atoms with Gasteiger partial charge in [-0.05, 0) is 25.1 Å². The first-order chi connectivity index (χ1) is 10.1. The Morgan fingerprint density at radius 2 is 1.71 bits per heavy atom. The highest BCUT2D eigenvalue weighted by Gasteiger charge is 2.11. The van der Waals surface area contributed by atoms with E-state index in [0.717, 1.165) is 5.56 Å². The fourth-order valence-electron chi connectivity index (χ4n) is 1.84. The van der Waals surface area contributed by atoms with Crippen LogP contribution >= 0.6 is 11.6 Å². The number of hydrogen-bond donors (Lipinski definition) is 1. The molecule has 0 fully saturated rings. The third kappa shape index (κ3) is 3.61. The van der Waals surface area contributed by atoms with Crippen LogP contribution in [0.25, 0.3) is 0 Å². The lowest BCUT2D eigenvalue weighted by Crippen LogP contribution is -2.20. The van der Waals surface area contributed by atoms with E-state index in [0.29, 0.717) is 22.0 Å². The minimum atomic E-state index is -0.334. The summed E-state index contributed by atoms with van der Waals surface area (Å²) < 4.78 is 5.15. The van der Waals surface area contributed by atoms with Crippen LogP contribution in [0.3, 0.4) is 0 Å². The smallest absolute Gasteiger partial charge is 0.275 e. The van der Waals surface area contributed by atoms with Gasteiger partial charge in [0.2, 0.25) is 0 Å². The largest absolute Gasteiger partial charge is 0.496 e. The number of amides is 1. The highest BCUT2D eigenvalue weighted by Crippen LogP contribution is 2.18. The molecule has 2 aromatic carbocycles. The molecule has 5 heteroatoms. The summed E-state index contributed by atoms with van der Waals surface area (Å²) in [4.78, 5) is 12.1. The van der Waals surface area contributed by atoms with Gasteiger partial charge in [-0.2, -0.15) is 5.10 Å². The molecule has 108 valence electrons. The van der Waals surface area contributed by atoms with Gasteiger partial charge < -0.3 is 4.74 Å². The first-order valence-corrected chi connectivity index (χ1v) is 6.74. The van der Waals surface area contributed by atoms with Crippen LogP contribution in [0.15, 0.2) is 53.6 Å². The highest BCUT2D eigenvalue weighted by molar-refractivity contribution is 6.34. The fraction of sp³-hybridized carbons (Fsp3) is 0.125. The summed E-state index contributed by atoms with van der Waals surface area (Å²) in [5, 5.41) is 4.67. The lowest BCUT2D eigenvalue weighted by atomic mass is 10.1. The van der Waals surface area contributed by atoms with Crippen molar-refractivity contribution in [3.8, 4) is 5.75 Å². The summed E-state index contributed by atoms with van der Waals surface area (Å²) >= 11 is 6.09. The number of halogens is 1. The van der Waals surface area contributed by atoms with Crippen LogP contribution < -0.4 is 10.2 Å². The number of carbonyl (C=O) groups excluding carboxylic acids is 1. The number of para-hydroxylation sites is 1. The molecule has 0 unspecified atom stereocenters. The number of hydrazone groups is 1. The van der Waals surface area contributed by atoms with Gasteiger partial charge in [-0.1, -0.05) is 41.9 Å². The third-order valence-electron chi connectivity index (χ3n) is 2.94. The third-order valence-corrected chi connectivity index (χ3v) is 3.27. The Kier molecular flexibility index (Phi) is 4.95. The van der Waals surface area contributed by atoms with Crippen molar-refractivity contribution in [1.82, 2.24) is 5.43 Å². The van der Waals surface area contributed by atoms with E-state index < -0.39 is 0 Å². The molecule has 0 bridgehead atoms. The molecule has 0 aliphatic rings. The Bertz CT molecular complexity index is 683. The second kappa shape index (κ2) is 6.90. The van der Waals surface area contributed by atoms with Crippen LogP contribution in [0.1, 0.15) is 22.8 Å². The van der Waals surface area contributed by atoms with Gasteiger partial charge in [0.05, 0.1) is 18.4 Å². The molecule has 0 aliphatic heterocycles. The molecular weight excluding hydrogens is 288 g/mol. The van der Waals surface area contributed by atoms with Gasteiger partial charge in [-0.3, -0.25) is 4.79 Å². The van der Waals surface area contributed by atoms with E-state index in [1.54, 1.807) is 37.3 Å². The number of hydrogen-bond acceptors (Lipinski definition) is 3. The molecule has 2 rings (SSSR count). The van der Waals surface area contributed by atoms with Crippen LogP contribution in [0, 0.1) is 0 Å². The number of ether oxygens (including phenoxy) is 1. The number of nitrogens with one attached hydrogen (secondary N) is 1. The molecule has 0 heterocycles. The van der Waals surface area contributed by atoms with Crippen molar-refractivity contribution in [1.29, 1.82) is 0 Å². The average molecular weight is 303 g/mol. The lowest BCUT2D eigenvalue weighted by Gasteiger charge is -2.07. The monoisotopic (exact) mass is 302 g/mol. The zero-order valence-corrected chi connectivity index (χ0v) is 12.5. The van der Waals surface area contributed by atoms with E-state index >= 15 is 0 Å².